The molecule has 0 aromatic heterocycles. The van der Waals surface area contributed by atoms with Gasteiger partial charge in [-0.1, -0.05) is 99.3 Å². The van der Waals surface area contributed by atoms with Crippen molar-refractivity contribution < 1.29 is 29.7 Å². The standard InChI is InChI=1S/3C9H18O2.Sb/c3*1-3-5-7-8(6-4-2)9(10)11;/h3*8H,3-7H2,1-2H3,(H,10,11);/q;;;+3/p-3. The van der Waals surface area contributed by atoms with Gasteiger partial charge in [-0.2, -0.15) is 0 Å². The molecule has 200 valence electrons. The molecule has 0 aromatic carbocycles. The largest absolute Gasteiger partial charge is 3.00 e. The van der Waals surface area contributed by atoms with E-state index in [1.807, 2.05) is 20.8 Å². The molecule has 0 aromatic rings. The second-order valence-electron chi connectivity index (χ2n) is 8.84. The summed E-state index contributed by atoms with van der Waals surface area (Å²) in [4.78, 5) is 31.5. The number of carboxylic acid groups (broad SMARTS) is 3. The minimum Gasteiger partial charge on any atom is -0.550 e. The van der Waals surface area contributed by atoms with E-state index in [9.17, 15) is 29.7 Å². The topological polar surface area (TPSA) is 120 Å². The summed E-state index contributed by atoms with van der Waals surface area (Å²) in [5, 5.41) is 31.5. The van der Waals surface area contributed by atoms with E-state index in [2.05, 4.69) is 20.8 Å². The third-order valence-corrected chi connectivity index (χ3v) is 5.63. The Hall–Kier alpha value is -0.772. The number of carbonyl (C=O) groups is 3. The van der Waals surface area contributed by atoms with Crippen LogP contribution in [-0.2, 0) is 14.4 Å². The molecule has 0 amide bonds. The summed E-state index contributed by atoms with van der Waals surface area (Å²) in [7, 11) is 0. The Labute approximate surface area is 227 Å². The van der Waals surface area contributed by atoms with Crippen molar-refractivity contribution in [1.29, 1.82) is 0 Å². The van der Waals surface area contributed by atoms with Crippen LogP contribution in [0.3, 0.4) is 0 Å². The van der Waals surface area contributed by atoms with Crippen LogP contribution in [0.1, 0.15) is 138 Å². The Morgan fingerprint density at radius 3 is 0.765 bits per heavy atom. The fraction of sp³-hybridized carbons (Fsp3) is 0.889. The molecule has 3 unspecified atom stereocenters. The van der Waals surface area contributed by atoms with Gasteiger partial charge in [0.25, 0.3) is 0 Å². The molecular formula is C27H51O6Sb. The number of hydrogen-bond donors (Lipinski definition) is 0. The van der Waals surface area contributed by atoms with Gasteiger partial charge in [0, 0.05) is 17.9 Å². The van der Waals surface area contributed by atoms with E-state index in [0.717, 1.165) is 96.3 Å². The summed E-state index contributed by atoms with van der Waals surface area (Å²) < 4.78 is 0. The summed E-state index contributed by atoms with van der Waals surface area (Å²) in [6, 6.07) is 0. The first-order valence-corrected chi connectivity index (χ1v) is 13.3. The van der Waals surface area contributed by atoms with E-state index in [-0.39, 0.29) is 42.2 Å². The number of carboxylic acids is 3. The Kier molecular flexibility index (Phi) is 36.0. The molecule has 0 aliphatic rings. The van der Waals surface area contributed by atoms with Crippen LogP contribution >= 0.6 is 0 Å². The quantitative estimate of drug-likeness (QED) is 0.224. The number of aliphatic carboxylic acids is 3. The van der Waals surface area contributed by atoms with Gasteiger partial charge in [-0.05, 0) is 56.3 Å². The van der Waals surface area contributed by atoms with Gasteiger partial charge in [-0.15, -0.1) is 0 Å². The predicted molar refractivity (Wildman–Crippen MR) is 135 cm³/mol. The average molecular weight is 593 g/mol. The summed E-state index contributed by atoms with van der Waals surface area (Å²) >= 11 is 0. The van der Waals surface area contributed by atoms with E-state index < -0.39 is 17.9 Å². The predicted octanol–water partition coefficient (Wildman–Crippen LogP) is 3.65. The smallest absolute Gasteiger partial charge is 0.550 e. The van der Waals surface area contributed by atoms with Crippen molar-refractivity contribution in [3.63, 3.8) is 0 Å². The Balaban J connectivity index is -0.000000196. The molecule has 34 heavy (non-hydrogen) atoms. The van der Waals surface area contributed by atoms with Gasteiger partial charge in [0.2, 0.25) is 0 Å². The zero-order valence-corrected chi connectivity index (χ0v) is 25.3. The summed E-state index contributed by atoms with van der Waals surface area (Å²) in [6.45, 7) is 12.2. The van der Waals surface area contributed by atoms with Gasteiger partial charge in [-0.3, -0.25) is 0 Å². The fourth-order valence-corrected chi connectivity index (χ4v) is 3.54. The molecule has 2 radical (unpaired) electrons. The van der Waals surface area contributed by atoms with Crippen molar-refractivity contribution in [1.82, 2.24) is 0 Å². The Morgan fingerprint density at radius 1 is 0.441 bits per heavy atom. The Bertz CT molecular complexity index is 403. The van der Waals surface area contributed by atoms with Gasteiger partial charge < -0.3 is 29.7 Å². The van der Waals surface area contributed by atoms with Crippen molar-refractivity contribution in [3.05, 3.63) is 0 Å². The van der Waals surface area contributed by atoms with Crippen LogP contribution in [0.25, 0.3) is 0 Å². The van der Waals surface area contributed by atoms with Gasteiger partial charge >= 0.3 is 24.4 Å². The van der Waals surface area contributed by atoms with Crippen LogP contribution in [0.4, 0.5) is 0 Å². The molecule has 0 aliphatic carbocycles. The van der Waals surface area contributed by atoms with Crippen LogP contribution in [0.2, 0.25) is 0 Å². The van der Waals surface area contributed by atoms with Crippen LogP contribution in [0.5, 0.6) is 0 Å². The first kappa shape index (κ1) is 40.4. The van der Waals surface area contributed by atoms with Crippen LogP contribution < -0.4 is 15.3 Å². The molecule has 0 rings (SSSR count). The van der Waals surface area contributed by atoms with E-state index in [4.69, 9.17) is 0 Å². The molecule has 0 spiro atoms. The monoisotopic (exact) mass is 592 g/mol. The first-order valence-electron chi connectivity index (χ1n) is 13.3. The molecule has 0 bridgehead atoms. The second kappa shape index (κ2) is 30.3. The van der Waals surface area contributed by atoms with E-state index in [1.54, 1.807) is 0 Å². The number of hydrogen-bond acceptors (Lipinski definition) is 6. The zero-order valence-electron chi connectivity index (χ0n) is 22.7. The summed E-state index contributed by atoms with van der Waals surface area (Å²) in [5.41, 5.74) is 0. The molecule has 0 fully saturated rings. The van der Waals surface area contributed by atoms with Crippen molar-refractivity contribution in [2.75, 3.05) is 0 Å². The SMILES string of the molecule is CCCCC(CCC)C(=O)[O-].CCCCC(CCC)C(=O)[O-].CCCCC(CCC)C(=O)[O-].[Sb+3]. The number of unbranched alkanes of at least 4 members (excludes halogenated alkanes) is 3. The minimum atomic E-state index is -0.875. The average Bonchev–Trinajstić information content (AvgIpc) is 2.77. The van der Waals surface area contributed by atoms with Crippen LogP contribution in [-0.4, -0.2) is 42.3 Å². The molecular weight excluding hydrogens is 542 g/mol. The zero-order chi connectivity index (χ0) is 26.1. The molecule has 6 nitrogen and oxygen atoms in total. The third kappa shape index (κ3) is 27.5. The van der Waals surface area contributed by atoms with Crippen molar-refractivity contribution >= 4 is 42.3 Å². The summed E-state index contributed by atoms with van der Waals surface area (Å²) in [5.74, 6) is -3.25. The van der Waals surface area contributed by atoms with Gasteiger partial charge in [-0.25, -0.2) is 0 Å². The fourth-order valence-electron chi connectivity index (χ4n) is 3.54. The molecule has 0 N–H and O–H groups in total. The van der Waals surface area contributed by atoms with Crippen molar-refractivity contribution in [2.24, 2.45) is 17.8 Å². The second-order valence-corrected chi connectivity index (χ2v) is 8.84. The number of carbonyl (C=O) groups excluding carboxylic acids is 3. The normalized spacial score (nSPS) is 12.5. The van der Waals surface area contributed by atoms with Gasteiger partial charge in [0.05, 0.1) is 0 Å². The van der Waals surface area contributed by atoms with Crippen molar-refractivity contribution in [2.45, 2.75) is 138 Å². The van der Waals surface area contributed by atoms with E-state index in [1.165, 1.54) is 0 Å². The third-order valence-electron chi connectivity index (χ3n) is 5.63. The summed E-state index contributed by atoms with van der Waals surface area (Å²) in [6.07, 6.45) is 13.6. The van der Waals surface area contributed by atoms with Gasteiger partial charge in [0.1, 0.15) is 0 Å². The van der Waals surface area contributed by atoms with Crippen LogP contribution in [0.15, 0.2) is 0 Å². The maximum atomic E-state index is 10.5. The molecule has 0 aliphatic heterocycles. The molecule has 7 heteroatoms. The molecule has 0 saturated heterocycles. The van der Waals surface area contributed by atoms with Crippen LogP contribution in [0, 0.1) is 17.8 Å². The minimum absolute atomic E-state index is 0. The Morgan fingerprint density at radius 2 is 0.647 bits per heavy atom. The number of rotatable bonds is 18. The maximum Gasteiger partial charge on any atom is 3.00 e. The van der Waals surface area contributed by atoms with E-state index in [0.29, 0.717) is 0 Å². The van der Waals surface area contributed by atoms with Crippen molar-refractivity contribution in [3.8, 4) is 0 Å². The first-order chi connectivity index (χ1) is 15.7. The van der Waals surface area contributed by atoms with Gasteiger partial charge in [0.15, 0.2) is 0 Å². The molecule has 3 atom stereocenters. The molecule has 0 saturated carbocycles. The van der Waals surface area contributed by atoms with E-state index >= 15 is 0 Å². The molecule has 0 heterocycles. The maximum absolute atomic E-state index is 10.5.